The summed E-state index contributed by atoms with van der Waals surface area (Å²) >= 11 is 0. The highest BCUT2D eigenvalue weighted by Gasteiger charge is 2.30. The molecule has 1 aliphatic heterocycles. The number of nitrogens with one attached hydrogen (secondary N) is 1. The summed E-state index contributed by atoms with van der Waals surface area (Å²) in [4.78, 5) is 23.0. The number of anilines is 1. The highest BCUT2D eigenvalue weighted by Crippen LogP contribution is 2.29. The van der Waals surface area contributed by atoms with Crippen LogP contribution in [0.25, 0.3) is 0 Å². The molecule has 0 aromatic carbocycles. The molecule has 122 valence electrons. The van der Waals surface area contributed by atoms with Crippen molar-refractivity contribution >= 4 is 11.7 Å². The van der Waals surface area contributed by atoms with Crippen LogP contribution in [0.4, 0.5) is 10.5 Å². The van der Waals surface area contributed by atoms with Gasteiger partial charge in [0.25, 0.3) is 0 Å². The fourth-order valence-electron chi connectivity index (χ4n) is 2.85. The molecule has 23 heavy (non-hydrogen) atoms. The quantitative estimate of drug-likeness (QED) is 0.919. The number of pyridine rings is 1. The number of nitrogens with zero attached hydrogens (tertiary/aromatic N) is 4. The molecule has 1 aliphatic rings. The summed E-state index contributed by atoms with van der Waals surface area (Å²) in [5.74, 6) is 1.11. The highest BCUT2D eigenvalue weighted by atomic mass is 16.5. The fraction of sp³-hybridized carbons (Fsp3) is 0.500. The Bertz CT molecular complexity index is 685. The van der Waals surface area contributed by atoms with E-state index in [1.54, 1.807) is 19.3 Å². The van der Waals surface area contributed by atoms with E-state index in [-0.39, 0.29) is 12.1 Å². The summed E-state index contributed by atoms with van der Waals surface area (Å²) in [7, 11) is 0. The van der Waals surface area contributed by atoms with Crippen LogP contribution in [0.2, 0.25) is 0 Å². The van der Waals surface area contributed by atoms with Crippen LogP contribution in [-0.4, -0.2) is 32.6 Å². The third-order valence-electron chi connectivity index (χ3n) is 4.14. The smallest absolute Gasteiger partial charge is 0.322 e. The van der Waals surface area contributed by atoms with Gasteiger partial charge in [0.2, 0.25) is 5.89 Å². The molecule has 1 fully saturated rings. The molecule has 0 spiro atoms. The number of likely N-dealkylation sites (tertiary alicyclic amines) is 1. The summed E-state index contributed by atoms with van der Waals surface area (Å²) in [6, 6.07) is 1.58. The van der Waals surface area contributed by atoms with Gasteiger partial charge >= 0.3 is 6.03 Å². The number of urea groups is 1. The van der Waals surface area contributed by atoms with Gasteiger partial charge in [-0.25, -0.2) is 4.79 Å². The number of amides is 2. The number of hydrogen-bond donors (Lipinski definition) is 1. The summed E-state index contributed by atoms with van der Waals surface area (Å²) in [5, 5.41) is 6.97. The Morgan fingerprint density at radius 1 is 1.35 bits per heavy atom. The predicted molar refractivity (Wildman–Crippen MR) is 84.9 cm³/mol. The van der Waals surface area contributed by atoms with E-state index in [0.29, 0.717) is 18.3 Å². The van der Waals surface area contributed by atoms with Gasteiger partial charge in [-0.3, -0.25) is 4.98 Å². The van der Waals surface area contributed by atoms with E-state index in [9.17, 15) is 4.79 Å². The molecule has 3 rings (SSSR count). The number of aromatic nitrogens is 3. The second kappa shape index (κ2) is 6.76. The zero-order chi connectivity index (χ0) is 16.2. The molecule has 1 N–H and O–H groups in total. The molecule has 0 radical (unpaired) electrons. The summed E-state index contributed by atoms with van der Waals surface area (Å²) in [5.41, 5.74) is 1.71. The normalized spacial score (nSPS) is 18.5. The molecule has 2 amide bonds. The molecular formula is C16H21N5O2. The molecule has 7 heteroatoms. The minimum atomic E-state index is -0.146. The maximum absolute atomic E-state index is 12.8. The molecule has 3 heterocycles. The van der Waals surface area contributed by atoms with Crippen molar-refractivity contribution in [3.63, 3.8) is 0 Å². The van der Waals surface area contributed by atoms with Crippen LogP contribution in [0.1, 0.15) is 49.0 Å². The third-order valence-corrected chi connectivity index (χ3v) is 4.14. The van der Waals surface area contributed by atoms with E-state index in [1.165, 1.54) is 0 Å². The zero-order valence-corrected chi connectivity index (χ0v) is 13.5. The number of rotatable bonds is 2. The predicted octanol–water partition coefficient (Wildman–Crippen LogP) is 3.23. The van der Waals surface area contributed by atoms with Gasteiger partial charge in [0, 0.05) is 19.7 Å². The minimum Gasteiger partial charge on any atom is -0.340 e. The molecule has 1 atom stereocenters. The maximum atomic E-state index is 12.8. The fourth-order valence-corrected chi connectivity index (χ4v) is 2.85. The van der Waals surface area contributed by atoms with E-state index in [0.717, 1.165) is 36.9 Å². The van der Waals surface area contributed by atoms with Crippen molar-refractivity contribution < 1.29 is 9.32 Å². The molecule has 2 aromatic heterocycles. The van der Waals surface area contributed by atoms with Gasteiger partial charge in [-0.05, 0) is 31.4 Å². The topological polar surface area (TPSA) is 84.2 Å². The van der Waals surface area contributed by atoms with Crippen LogP contribution in [0, 0.1) is 13.8 Å². The van der Waals surface area contributed by atoms with Crippen LogP contribution in [0.5, 0.6) is 0 Å². The van der Waals surface area contributed by atoms with Crippen molar-refractivity contribution in [2.45, 2.75) is 45.6 Å². The van der Waals surface area contributed by atoms with E-state index in [4.69, 9.17) is 4.52 Å². The lowest BCUT2D eigenvalue weighted by atomic mass is 10.1. The molecule has 1 saturated heterocycles. The van der Waals surface area contributed by atoms with Crippen LogP contribution < -0.4 is 5.32 Å². The van der Waals surface area contributed by atoms with E-state index in [1.807, 2.05) is 17.9 Å². The van der Waals surface area contributed by atoms with Crippen LogP contribution >= 0.6 is 0 Å². The van der Waals surface area contributed by atoms with Crippen molar-refractivity contribution in [2.24, 2.45) is 0 Å². The number of carbonyl (C=O) groups excluding carboxylic acids is 1. The second-order valence-corrected chi connectivity index (χ2v) is 5.85. The Morgan fingerprint density at radius 2 is 2.22 bits per heavy atom. The Balaban J connectivity index is 1.81. The third kappa shape index (κ3) is 3.49. The van der Waals surface area contributed by atoms with Crippen LogP contribution in [0.3, 0.4) is 0 Å². The van der Waals surface area contributed by atoms with Crippen LogP contribution in [-0.2, 0) is 0 Å². The van der Waals surface area contributed by atoms with Crippen molar-refractivity contribution in [1.29, 1.82) is 0 Å². The molecule has 2 aromatic rings. The Labute approximate surface area is 135 Å². The zero-order valence-electron chi connectivity index (χ0n) is 13.5. The lowest BCUT2D eigenvalue weighted by molar-refractivity contribution is 0.184. The lowest BCUT2D eigenvalue weighted by Crippen LogP contribution is -2.38. The summed E-state index contributed by atoms with van der Waals surface area (Å²) < 4.78 is 5.09. The Hall–Kier alpha value is -2.44. The number of carbonyl (C=O) groups is 1. The van der Waals surface area contributed by atoms with Crippen molar-refractivity contribution in [3.05, 3.63) is 35.7 Å². The minimum absolute atomic E-state index is 0.143. The molecule has 7 nitrogen and oxygen atoms in total. The van der Waals surface area contributed by atoms with Gasteiger partial charge in [-0.2, -0.15) is 4.98 Å². The Morgan fingerprint density at radius 3 is 2.96 bits per heavy atom. The van der Waals surface area contributed by atoms with Gasteiger partial charge in [-0.1, -0.05) is 18.0 Å². The van der Waals surface area contributed by atoms with Gasteiger partial charge < -0.3 is 14.7 Å². The first-order valence-electron chi connectivity index (χ1n) is 7.93. The highest BCUT2D eigenvalue weighted by molar-refractivity contribution is 5.90. The first-order chi connectivity index (χ1) is 11.1. The lowest BCUT2D eigenvalue weighted by Gasteiger charge is -2.28. The number of hydrogen-bond acceptors (Lipinski definition) is 5. The van der Waals surface area contributed by atoms with Crippen molar-refractivity contribution in [3.8, 4) is 0 Å². The van der Waals surface area contributed by atoms with Gasteiger partial charge in [-0.15, -0.1) is 0 Å². The average molecular weight is 315 g/mol. The van der Waals surface area contributed by atoms with E-state index < -0.39 is 0 Å². The van der Waals surface area contributed by atoms with Crippen LogP contribution in [0.15, 0.2) is 23.0 Å². The number of aryl methyl sites for hydroxylation is 2. The largest absolute Gasteiger partial charge is 0.340 e. The monoisotopic (exact) mass is 315 g/mol. The Kier molecular flexibility index (Phi) is 4.55. The van der Waals surface area contributed by atoms with Gasteiger partial charge in [0.1, 0.15) is 0 Å². The molecule has 0 aliphatic carbocycles. The molecular weight excluding hydrogens is 294 g/mol. The van der Waals surface area contributed by atoms with Gasteiger partial charge in [0.05, 0.1) is 17.9 Å². The standard InChI is InChI=1S/C16H21N5O2/c1-11-7-8-17-10-13(11)19-16(22)21-9-5-3-4-6-14(21)15-18-12(2)23-20-15/h7-8,10,14H,3-6,9H2,1-2H3,(H,19,22)/t14-/m0/s1. The van der Waals surface area contributed by atoms with Crippen molar-refractivity contribution in [2.75, 3.05) is 11.9 Å². The van der Waals surface area contributed by atoms with Gasteiger partial charge in [0.15, 0.2) is 5.82 Å². The maximum Gasteiger partial charge on any atom is 0.322 e. The molecule has 0 unspecified atom stereocenters. The molecule has 0 bridgehead atoms. The summed E-state index contributed by atoms with van der Waals surface area (Å²) in [6.07, 6.45) is 7.35. The first kappa shape index (κ1) is 15.5. The SMILES string of the molecule is Cc1nc([C@@H]2CCCCCN2C(=O)Nc2cnccc2C)no1. The van der Waals surface area contributed by atoms with Crippen molar-refractivity contribution in [1.82, 2.24) is 20.0 Å². The summed E-state index contributed by atoms with van der Waals surface area (Å²) in [6.45, 7) is 4.39. The van der Waals surface area contributed by atoms with E-state index >= 15 is 0 Å². The molecule has 0 saturated carbocycles. The second-order valence-electron chi connectivity index (χ2n) is 5.85. The average Bonchev–Trinajstić information content (AvgIpc) is 2.82. The first-order valence-corrected chi connectivity index (χ1v) is 7.93. The van der Waals surface area contributed by atoms with E-state index in [2.05, 4.69) is 20.4 Å².